The zero-order chi connectivity index (χ0) is 20.9. The maximum atomic E-state index is 12.3. The first-order valence-electron chi connectivity index (χ1n) is 10.3. The van der Waals surface area contributed by atoms with E-state index in [1.807, 2.05) is 54.6 Å². The third kappa shape index (κ3) is 4.95. The highest BCUT2D eigenvalue weighted by Crippen LogP contribution is 2.32. The van der Waals surface area contributed by atoms with E-state index in [0.29, 0.717) is 16.5 Å². The molecule has 2 heterocycles. The van der Waals surface area contributed by atoms with Crippen LogP contribution in [0.1, 0.15) is 25.5 Å². The third-order valence-electron chi connectivity index (χ3n) is 5.42. The van der Waals surface area contributed by atoms with Gasteiger partial charge in [-0.3, -0.25) is 4.79 Å². The van der Waals surface area contributed by atoms with Gasteiger partial charge in [0.25, 0.3) is 0 Å². The summed E-state index contributed by atoms with van der Waals surface area (Å²) in [4.78, 5) is 14.6. The lowest BCUT2D eigenvalue weighted by Crippen LogP contribution is -2.32. The highest BCUT2D eigenvalue weighted by atomic mass is 35.5. The number of benzene rings is 2. The fourth-order valence-electron chi connectivity index (χ4n) is 3.63. The zero-order valence-corrected chi connectivity index (χ0v) is 17.7. The average molecular weight is 421 g/mol. The van der Waals surface area contributed by atoms with Gasteiger partial charge in [-0.2, -0.15) is 0 Å². The van der Waals surface area contributed by atoms with E-state index in [1.54, 1.807) is 12.1 Å². The number of rotatable bonds is 5. The van der Waals surface area contributed by atoms with Crippen molar-refractivity contribution < 1.29 is 9.21 Å². The van der Waals surface area contributed by atoms with Crippen molar-refractivity contribution in [3.8, 4) is 11.3 Å². The first-order chi connectivity index (χ1) is 14.6. The Balaban J connectivity index is 1.37. The van der Waals surface area contributed by atoms with Crippen LogP contribution in [0.3, 0.4) is 0 Å². The van der Waals surface area contributed by atoms with E-state index in [9.17, 15) is 4.79 Å². The van der Waals surface area contributed by atoms with Crippen LogP contribution in [0.4, 0.5) is 11.4 Å². The van der Waals surface area contributed by atoms with Crippen molar-refractivity contribution in [2.75, 3.05) is 23.3 Å². The Morgan fingerprint density at radius 2 is 1.87 bits per heavy atom. The van der Waals surface area contributed by atoms with Crippen molar-refractivity contribution in [3.63, 3.8) is 0 Å². The van der Waals surface area contributed by atoms with Crippen molar-refractivity contribution in [1.29, 1.82) is 0 Å². The molecule has 1 saturated heterocycles. The minimum Gasteiger partial charge on any atom is -0.457 e. The fourth-order valence-corrected chi connectivity index (χ4v) is 3.93. The highest BCUT2D eigenvalue weighted by Gasteiger charge is 2.18. The molecule has 0 radical (unpaired) electrons. The van der Waals surface area contributed by atoms with Gasteiger partial charge in [0, 0.05) is 30.4 Å². The maximum absolute atomic E-state index is 12.3. The second kappa shape index (κ2) is 9.23. The van der Waals surface area contributed by atoms with E-state index in [2.05, 4.69) is 17.1 Å². The van der Waals surface area contributed by atoms with Crippen LogP contribution in [0.2, 0.25) is 5.02 Å². The molecule has 3 aromatic rings. The zero-order valence-electron chi connectivity index (χ0n) is 17.0. The molecule has 0 aliphatic carbocycles. The SMILES string of the molecule is CC1CCN(c2ccc(NC(=O)/C=C/c3ccc(-c4ccccc4)o3)cc2Cl)CC1. The number of anilines is 2. The van der Waals surface area contributed by atoms with Crippen LogP contribution in [0.5, 0.6) is 0 Å². The van der Waals surface area contributed by atoms with Gasteiger partial charge in [0.15, 0.2) is 0 Å². The molecular formula is C25H25ClN2O2. The molecule has 0 saturated carbocycles. The van der Waals surface area contributed by atoms with E-state index < -0.39 is 0 Å². The highest BCUT2D eigenvalue weighted by molar-refractivity contribution is 6.33. The van der Waals surface area contributed by atoms with Gasteiger partial charge < -0.3 is 14.6 Å². The number of nitrogens with zero attached hydrogens (tertiary/aromatic N) is 1. The Labute approximate surface area is 182 Å². The van der Waals surface area contributed by atoms with E-state index in [4.69, 9.17) is 16.0 Å². The quantitative estimate of drug-likeness (QED) is 0.480. The Bertz CT molecular complexity index is 1030. The molecule has 2 aromatic carbocycles. The number of nitrogens with one attached hydrogen (secondary N) is 1. The Morgan fingerprint density at radius 3 is 2.60 bits per heavy atom. The topological polar surface area (TPSA) is 45.5 Å². The Morgan fingerprint density at radius 1 is 1.10 bits per heavy atom. The molecule has 4 nitrogen and oxygen atoms in total. The van der Waals surface area contributed by atoms with Gasteiger partial charge in [-0.25, -0.2) is 0 Å². The Hall–Kier alpha value is -2.98. The largest absolute Gasteiger partial charge is 0.457 e. The molecule has 1 fully saturated rings. The number of carbonyl (C=O) groups excluding carboxylic acids is 1. The van der Waals surface area contributed by atoms with Crippen LogP contribution in [-0.4, -0.2) is 19.0 Å². The predicted molar refractivity (Wildman–Crippen MR) is 124 cm³/mol. The molecule has 5 heteroatoms. The first-order valence-corrected chi connectivity index (χ1v) is 10.6. The number of hydrogen-bond donors (Lipinski definition) is 1. The number of hydrogen-bond acceptors (Lipinski definition) is 3. The molecule has 0 unspecified atom stereocenters. The van der Waals surface area contributed by atoms with Gasteiger partial charge in [0.05, 0.1) is 10.7 Å². The number of piperidine rings is 1. The first kappa shape index (κ1) is 20.3. The molecule has 1 aliphatic rings. The van der Waals surface area contributed by atoms with Gasteiger partial charge in [-0.05, 0) is 55.2 Å². The van der Waals surface area contributed by atoms with Crippen LogP contribution in [0.15, 0.2) is 71.2 Å². The summed E-state index contributed by atoms with van der Waals surface area (Å²) < 4.78 is 5.79. The van der Waals surface area contributed by atoms with Crippen molar-refractivity contribution >= 4 is 35.0 Å². The number of furan rings is 1. The number of amides is 1. The molecule has 1 aliphatic heterocycles. The summed E-state index contributed by atoms with van der Waals surface area (Å²) in [5.41, 5.74) is 2.70. The monoisotopic (exact) mass is 420 g/mol. The lowest BCUT2D eigenvalue weighted by Gasteiger charge is -2.32. The summed E-state index contributed by atoms with van der Waals surface area (Å²) >= 11 is 6.49. The molecule has 1 aromatic heterocycles. The summed E-state index contributed by atoms with van der Waals surface area (Å²) in [6, 6.07) is 19.3. The van der Waals surface area contributed by atoms with Gasteiger partial charge in [-0.1, -0.05) is 48.9 Å². The molecule has 154 valence electrons. The minimum atomic E-state index is -0.233. The third-order valence-corrected chi connectivity index (χ3v) is 5.73. The summed E-state index contributed by atoms with van der Waals surface area (Å²) in [6.45, 7) is 4.32. The van der Waals surface area contributed by atoms with Crippen molar-refractivity contribution in [2.24, 2.45) is 5.92 Å². The summed E-state index contributed by atoms with van der Waals surface area (Å²) in [6.07, 6.45) is 5.48. The molecule has 0 bridgehead atoms. The lowest BCUT2D eigenvalue weighted by molar-refractivity contribution is -0.111. The average Bonchev–Trinajstić information content (AvgIpc) is 3.23. The number of halogens is 1. The van der Waals surface area contributed by atoms with E-state index in [1.165, 1.54) is 18.9 Å². The van der Waals surface area contributed by atoms with Gasteiger partial charge in [-0.15, -0.1) is 0 Å². The normalized spacial score (nSPS) is 14.9. The summed E-state index contributed by atoms with van der Waals surface area (Å²) in [7, 11) is 0. The smallest absolute Gasteiger partial charge is 0.248 e. The molecule has 0 atom stereocenters. The molecule has 0 spiro atoms. The Kier molecular flexibility index (Phi) is 6.24. The van der Waals surface area contributed by atoms with Crippen LogP contribution in [-0.2, 0) is 4.79 Å². The fraction of sp³-hybridized carbons (Fsp3) is 0.240. The van der Waals surface area contributed by atoms with Crippen molar-refractivity contribution in [2.45, 2.75) is 19.8 Å². The van der Waals surface area contributed by atoms with Crippen LogP contribution in [0.25, 0.3) is 17.4 Å². The van der Waals surface area contributed by atoms with Gasteiger partial charge in [0.2, 0.25) is 5.91 Å². The van der Waals surface area contributed by atoms with Crippen molar-refractivity contribution in [3.05, 3.63) is 77.5 Å². The second-order valence-corrected chi connectivity index (χ2v) is 8.13. The molecular weight excluding hydrogens is 396 g/mol. The van der Waals surface area contributed by atoms with E-state index in [-0.39, 0.29) is 5.91 Å². The van der Waals surface area contributed by atoms with E-state index in [0.717, 1.165) is 36.0 Å². The molecule has 1 N–H and O–H groups in total. The standard InChI is InChI=1S/C25H25ClN2O2/c1-18-13-15-28(16-14-18)23-10-7-20(17-22(23)26)27-25(29)12-9-21-8-11-24(30-21)19-5-3-2-4-6-19/h2-12,17-18H,13-16H2,1H3,(H,27,29)/b12-9+. The van der Waals surface area contributed by atoms with Crippen LogP contribution in [0, 0.1) is 5.92 Å². The van der Waals surface area contributed by atoms with Crippen molar-refractivity contribution in [1.82, 2.24) is 0 Å². The van der Waals surface area contributed by atoms with Crippen LogP contribution >= 0.6 is 11.6 Å². The van der Waals surface area contributed by atoms with Crippen LogP contribution < -0.4 is 10.2 Å². The molecule has 1 amide bonds. The van der Waals surface area contributed by atoms with Gasteiger partial charge in [0.1, 0.15) is 11.5 Å². The lowest BCUT2D eigenvalue weighted by atomic mass is 9.99. The molecule has 30 heavy (non-hydrogen) atoms. The molecule has 4 rings (SSSR count). The summed E-state index contributed by atoms with van der Waals surface area (Å²) in [5.74, 6) is 1.92. The minimum absolute atomic E-state index is 0.233. The van der Waals surface area contributed by atoms with E-state index >= 15 is 0 Å². The summed E-state index contributed by atoms with van der Waals surface area (Å²) in [5, 5.41) is 3.52. The predicted octanol–water partition coefficient (Wildman–Crippen LogP) is 6.49. The maximum Gasteiger partial charge on any atom is 0.248 e. The van der Waals surface area contributed by atoms with Gasteiger partial charge >= 0.3 is 0 Å². The second-order valence-electron chi connectivity index (χ2n) is 7.73. The number of carbonyl (C=O) groups is 1.